The number of hydrogen-bond acceptors (Lipinski definition) is 7. The highest BCUT2D eigenvalue weighted by Crippen LogP contribution is 2.28. The van der Waals surface area contributed by atoms with Crippen molar-refractivity contribution in [1.29, 1.82) is 0 Å². The van der Waals surface area contributed by atoms with Crippen LogP contribution in [-0.2, 0) is 0 Å². The van der Waals surface area contributed by atoms with Crippen molar-refractivity contribution in [3.63, 3.8) is 0 Å². The van der Waals surface area contributed by atoms with E-state index in [2.05, 4.69) is 0 Å². The minimum absolute atomic E-state index is 0.288. The summed E-state index contributed by atoms with van der Waals surface area (Å²) in [5, 5.41) is 53.8. The zero-order valence-electron chi connectivity index (χ0n) is 9.30. The van der Waals surface area contributed by atoms with Gasteiger partial charge in [0.1, 0.15) is 0 Å². The molecule has 0 saturated carbocycles. The Hall–Kier alpha value is -0.280. The lowest BCUT2D eigenvalue weighted by Crippen LogP contribution is -2.72. The minimum atomic E-state index is -3.89. The van der Waals surface area contributed by atoms with E-state index in [4.69, 9.17) is 31.3 Å². The fraction of sp³-hybridized carbons (Fsp3) is 1.00. The molecule has 0 spiro atoms. The molecule has 8 N–H and O–H groups in total. The Morgan fingerprint density at radius 2 is 1.38 bits per heavy atom. The molecule has 0 rings (SSSR count). The van der Waals surface area contributed by atoms with E-state index in [9.17, 15) is 5.11 Å². The maximum absolute atomic E-state index is 9.47. The van der Waals surface area contributed by atoms with Gasteiger partial charge in [0.05, 0.1) is 0 Å². The molecule has 1 atom stereocenters. The van der Waals surface area contributed by atoms with Crippen LogP contribution in [0.3, 0.4) is 0 Å². The molecule has 16 heavy (non-hydrogen) atoms. The molecule has 0 aromatic rings. The van der Waals surface area contributed by atoms with E-state index in [1.54, 1.807) is 0 Å². The van der Waals surface area contributed by atoms with E-state index in [0.717, 1.165) is 12.8 Å². The average molecular weight is 239 g/mol. The molecule has 98 valence electrons. The Morgan fingerprint density at radius 1 is 0.875 bits per heavy atom. The highest BCUT2D eigenvalue weighted by atomic mass is 16.7. The van der Waals surface area contributed by atoms with E-state index in [1.165, 1.54) is 0 Å². The Kier molecular flexibility index (Phi) is 5.27. The summed E-state index contributed by atoms with van der Waals surface area (Å²) in [6.07, 6.45) is 2.59. The fourth-order valence-electron chi connectivity index (χ4n) is 1.29. The van der Waals surface area contributed by atoms with E-state index in [1.807, 2.05) is 6.92 Å². The first-order chi connectivity index (χ1) is 7.06. The molecule has 0 aromatic heterocycles. The summed E-state index contributed by atoms with van der Waals surface area (Å²) < 4.78 is 0. The summed E-state index contributed by atoms with van der Waals surface area (Å²) in [4.78, 5) is 0. The summed E-state index contributed by atoms with van der Waals surface area (Å²) in [7, 11) is 0. The molecule has 0 fully saturated rings. The summed E-state index contributed by atoms with van der Waals surface area (Å²) in [6, 6.07) is 0. The standard InChI is InChI=1S/C9H21NO6/c1-2-3-4-5-6-7(10,11)8(12,13)9(14,15)16/h11-16H,2-6,10H2,1H3. The normalized spacial score (nSPS) is 17.2. The maximum atomic E-state index is 9.47. The molecule has 7 nitrogen and oxygen atoms in total. The first kappa shape index (κ1) is 15.7. The van der Waals surface area contributed by atoms with Crippen molar-refractivity contribution in [3.05, 3.63) is 0 Å². The van der Waals surface area contributed by atoms with Gasteiger partial charge in [-0.3, -0.25) is 5.73 Å². The molecule has 0 aromatic carbocycles. The summed E-state index contributed by atoms with van der Waals surface area (Å²) in [6.45, 7) is 1.97. The third-order valence-corrected chi connectivity index (χ3v) is 2.48. The number of aliphatic hydroxyl groups is 6. The van der Waals surface area contributed by atoms with E-state index < -0.39 is 17.5 Å². The zero-order valence-corrected chi connectivity index (χ0v) is 9.30. The van der Waals surface area contributed by atoms with Gasteiger partial charge in [0.15, 0.2) is 5.72 Å². The van der Waals surface area contributed by atoms with Gasteiger partial charge in [0.25, 0.3) is 5.79 Å². The van der Waals surface area contributed by atoms with Crippen LogP contribution in [0.25, 0.3) is 0 Å². The lowest BCUT2D eigenvalue weighted by Gasteiger charge is -2.40. The van der Waals surface area contributed by atoms with Crippen molar-refractivity contribution < 1.29 is 30.6 Å². The Balaban J connectivity index is 4.41. The van der Waals surface area contributed by atoms with Gasteiger partial charge in [0.2, 0.25) is 0 Å². The first-order valence-electron chi connectivity index (χ1n) is 5.19. The number of nitrogens with two attached hydrogens (primary N) is 1. The second kappa shape index (κ2) is 5.37. The second-order valence-electron chi connectivity index (χ2n) is 4.04. The zero-order chi connectivity index (χ0) is 13.0. The van der Waals surface area contributed by atoms with E-state index >= 15 is 0 Å². The molecule has 0 amide bonds. The lowest BCUT2D eigenvalue weighted by molar-refractivity contribution is -0.481. The number of unbranched alkanes of at least 4 members (excludes halogenated alkanes) is 3. The van der Waals surface area contributed by atoms with Gasteiger partial charge in [0, 0.05) is 0 Å². The van der Waals surface area contributed by atoms with Crippen LogP contribution >= 0.6 is 0 Å². The summed E-state index contributed by atoms with van der Waals surface area (Å²) >= 11 is 0. The van der Waals surface area contributed by atoms with Crippen LogP contribution in [-0.4, -0.2) is 48.1 Å². The van der Waals surface area contributed by atoms with Crippen LogP contribution in [0.4, 0.5) is 0 Å². The average Bonchev–Trinajstić information content (AvgIpc) is 2.10. The predicted molar refractivity (Wildman–Crippen MR) is 54.5 cm³/mol. The number of rotatable bonds is 7. The minimum Gasteiger partial charge on any atom is -0.370 e. The van der Waals surface area contributed by atoms with Gasteiger partial charge in [-0.2, -0.15) is 0 Å². The highest BCUT2D eigenvalue weighted by Gasteiger charge is 2.59. The van der Waals surface area contributed by atoms with Gasteiger partial charge >= 0.3 is 5.97 Å². The molecule has 0 saturated heterocycles. The molecule has 0 bridgehead atoms. The summed E-state index contributed by atoms with van der Waals surface area (Å²) in [5.74, 6) is -7.51. The van der Waals surface area contributed by atoms with Crippen molar-refractivity contribution in [2.45, 2.75) is 56.5 Å². The monoisotopic (exact) mass is 239 g/mol. The third kappa shape index (κ3) is 3.63. The first-order valence-corrected chi connectivity index (χ1v) is 5.19. The SMILES string of the molecule is CCCCCCC(N)(O)C(O)(O)C(O)(O)O. The van der Waals surface area contributed by atoms with Crippen molar-refractivity contribution in [1.82, 2.24) is 0 Å². The molecule has 0 radical (unpaired) electrons. The van der Waals surface area contributed by atoms with Crippen molar-refractivity contribution in [2.24, 2.45) is 5.73 Å². The van der Waals surface area contributed by atoms with Crippen LogP contribution in [0.15, 0.2) is 0 Å². The van der Waals surface area contributed by atoms with Crippen LogP contribution in [0.5, 0.6) is 0 Å². The maximum Gasteiger partial charge on any atom is 0.337 e. The molecular formula is C9H21NO6. The molecule has 0 aliphatic heterocycles. The third-order valence-electron chi connectivity index (χ3n) is 2.48. The van der Waals surface area contributed by atoms with Gasteiger partial charge < -0.3 is 30.6 Å². The molecule has 0 aliphatic rings. The summed E-state index contributed by atoms with van der Waals surface area (Å²) in [5.41, 5.74) is 2.43. The van der Waals surface area contributed by atoms with Crippen LogP contribution in [0.2, 0.25) is 0 Å². The number of hydrogen-bond donors (Lipinski definition) is 7. The van der Waals surface area contributed by atoms with Crippen molar-refractivity contribution in [2.75, 3.05) is 0 Å². The highest BCUT2D eigenvalue weighted by molar-refractivity contribution is 4.91. The Morgan fingerprint density at radius 3 is 1.75 bits per heavy atom. The quantitative estimate of drug-likeness (QED) is 0.199. The van der Waals surface area contributed by atoms with Gasteiger partial charge in [-0.15, -0.1) is 0 Å². The molecule has 0 aliphatic carbocycles. The van der Waals surface area contributed by atoms with E-state index in [0.29, 0.717) is 12.8 Å². The molecule has 1 unspecified atom stereocenters. The topological polar surface area (TPSA) is 147 Å². The largest absolute Gasteiger partial charge is 0.370 e. The van der Waals surface area contributed by atoms with Crippen LogP contribution < -0.4 is 5.73 Å². The van der Waals surface area contributed by atoms with Crippen molar-refractivity contribution >= 4 is 0 Å². The van der Waals surface area contributed by atoms with Gasteiger partial charge in [-0.1, -0.05) is 26.2 Å². The van der Waals surface area contributed by atoms with Crippen LogP contribution in [0, 0.1) is 0 Å². The fourth-order valence-corrected chi connectivity index (χ4v) is 1.29. The van der Waals surface area contributed by atoms with Crippen molar-refractivity contribution in [3.8, 4) is 0 Å². The molecule has 0 heterocycles. The molecule has 7 heteroatoms. The van der Waals surface area contributed by atoms with E-state index in [-0.39, 0.29) is 6.42 Å². The molecular weight excluding hydrogens is 218 g/mol. The second-order valence-corrected chi connectivity index (χ2v) is 4.04. The van der Waals surface area contributed by atoms with Gasteiger partial charge in [-0.25, -0.2) is 0 Å². The predicted octanol–water partition coefficient (Wildman–Crippen LogP) is -2.08. The van der Waals surface area contributed by atoms with Gasteiger partial charge in [-0.05, 0) is 12.8 Å². The Bertz CT molecular complexity index is 211. The van der Waals surface area contributed by atoms with Crippen LogP contribution in [0.1, 0.15) is 39.0 Å². The smallest absolute Gasteiger partial charge is 0.337 e. The lowest BCUT2D eigenvalue weighted by atomic mass is 9.94. The Labute approximate surface area is 93.8 Å².